The van der Waals surface area contributed by atoms with Crippen LogP contribution in [0.2, 0.25) is 0 Å². The van der Waals surface area contributed by atoms with Gasteiger partial charge in [-0.25, -0.2) is 9.18 Å². The number of rotatable bonds is 1. The number of carbonyl (C=O) groups is 1. The largest absolute Gasteiger partial charge is 0.456 e. The van der Waals surface area contributed by atoms with Gasteiger partial charge in [0.2, 0.25) is 0 Å². The molecule has 3 nitrogen and oxygen atoms in total. The van der Waals surface area contributed by atoms with Crippen LogP contribution in [0.5, 0.6) is 0 Å². The van der Waals surface area contributed by atoms with Gasteiger partial charge in [-0.1, -0.05) is 5.92 Å². The molecule has 0 spiro atoms. The second-order valence-corrected chi connectivity index (χ2v) is 3.11. The number of hydrogen-bond donors (Lipinski definition) is 1. The van der Waals surface area contributed by atoms with Gasteiger partial charge in [-0.15, -0.1) is 0 Å². The zero-order valence-electron chi connectivity index (χ0n) is 9.13. The van der Waals surface area contributed by atoms with Crippen LogP contribution in [0.1, 0.15) is 18.1 Å². The highest BCUT2D eigenvalue weighted by Crippen LogP contribution is 2.17. The molecule has 1 aromatic carbocycles. The molecule has 0 atom stereocenters. The summed E-state index contributed by atoms with van der Waals surface area (Å²) in [5, 5.41) is 0. The van der Waals surface area contributed by atoms with Crippen molar-refractivity contribution in [3.8, 4) is 11.8 Å². The van der Waals surface area contributed by atoms with E-state index in [9.17, 15) is 9.18 Å². The van der Waals surface area contributed by atoms with Gasteiger partial charge in [-0.3, -0.25) is 0 Å². The zero-order chi connectivity index (χ0) is 12.1. The van der Waals surface area contributed by atoms with E-state index in [1.54, 1.807) is 19.9 Å². The van der Waals surface area contributed by atoms with E-state index in [1.807, 2.05) is 0 Å². The highest BCUT2D eigenvalue weighted by molar-refractivity contribution is 5.89. The molecular formula is C12H12FNO2. The summed E-state index contributed by atoms with van der Waals surface area (Å²) in [5.74, 6) is 3.43. The fourth-order valence-corrected chi connectivity index (χ4v) is 1.08. The van der Waals surface area contributed by atoms with Gasteiger partial charge in [0.05, 0.1) is 12.2 Å². The van der Waals surface area contributed by atoms with E-state index in [-0.39, 0.29) is 12.2 Å². The van der Waals surface area contributed by atoms with E-state index in [2.05, 4.69) is 16.6 Å². The molecule has 16 heavy (non-hydrogen) atoms. The second-order valence-electron chi connectivity index (χ2n) is 3.11. The van der Waals surface area contributed by atoms with Crippen molar-refractivity contribution >= 4 is 11.7 Å². The van der Waals surface area contributed by atoms with Gasteiger partial charge in [0, 0.05) is 17.2 Å². The molecule has 2 N–H and O–H groups in total. The normalized spacial score (nSPS) is 9.19. The lowest BCUT2D eigenvalue weighted by Gasteiger charge is -2.02. The van der Waals surface area contributed by atoms with E-state index in [0.717, 1.165) is 0 Å². The highest BCUT2D eigenvalue weighted by Gasteiger charge is 2.06. The average molecular weight is 221 g/mol. The van der Waals surface area contributed by atoms with Crippen molar-refractivity contribution in [2.75, 3.05) is 12.3 Å². The quantitative estimate of drug-likeness (QED) is 0.445. The van der Waals surface area contributed by atoms with E-state index < -0.39 is 11.8 Å². The van der Waals surface area contributed by atoms with Gasteiger partial charge in [-0.2, -0.15) is 0 Å². The maximum Gasteiger partial charge on any atom is 0.384 e. The molecule has 0 aliphatic heterocycles. The van der Waals surface area contributed by atoms with Crippen LogP contribution in [-0.4, -0.2) is 12.6 Å². The van der Waals surface area contributed by atoms with Crippen LogP contribution in [-0.2, 0) is 9.53 Å². The highest BCUT2D eigenvalue weighted by atomic mass is 19.1. The van der Waals surface area contributed by atoms with Crippen molar-refractivity contribution in [1.29, 1.82) is 0 Å². The van der Waals surface area contributed by atoms with Crippen molar-refractivity contribution < 1.29 is 13.9 Å². The van der Waals surface area contributed by atoms with E-state index in [0.29, 0.717) is 11.3 Å². The molecule has 0 heterocycles. The van der Waals surface area contributed by atoms with Crippen LogP contribution in [0.4, 0.5) is 10.1 Å². The lowest BCUT2D eigenvalue weighted by atomic mass is 10.1. The van der Waals surface area contributed by atoms with Crippen LogP contribution in [0.3, 0.4) is 0 Å². The van der Waals surface area contributed by atoms with Gasteiger partial charge < -0.3 is 10.5 Å². The molecule has 0 aliphatic carbocycles. The molecule has 0 saturated carbocycles. The minimum Gasteiger partial charge on any atom is -0.456 e. The molecule has 0 aromatic heterocycles. The number of carbonyl (C=O) groups excluding carboxylic acids is 1. The lowest BCUT2D eigenvalue weighted by Crippen LogP contribution is -2.00. The van der Waals surface area contributed by atoms with Gasteiger partial charge in [0.15, 0.2) is 0 Å². The third-order valence-electron chi connectivity index (χ3n) is 2.00. The molecule has 0 amide bonds. The van der Waals surface area contributed by atoms with Gasteiger partial charge in [-0.05, 0) is 26.0 Å². The van der Waals surface area contributed by atoms with E-state index >= 15 is 0 Å². The molecule has 0 aliphatic rings. The SMILES string of the molecule is CCOC(=O)C#Cc1ccc(N)c(C)c1F. The summed E-state index contributed by atoms with van der Waals surface area (Å²) in [6.07, 6.45) is 0. The Bertz CT molecular complexity index is 472. The van der Waals surface area contributed by atoms with Crippen LogP contribution in [0, 0.1) is 24.6 Å². The molecule has 4 heteroatoms. The Labute approximate surface area is 93.4 Å². The minimum atomic E-state index is -0.670. The zero-order valence-corrected chi connectivity index (χ0v) is 9.13. The van der Waals surface area contributed by atoms with Crippen LogP contribution < -0.4 is 5.73 Å². The summed E-state index contributed by atoms with van der Waals surface area (Å²) in [6.45, 7) is 3.48. The molecule has 1 aromatic rings. The molecule has 0 radical (unpaired) electrons. The molecule has 0 fully saturated rings. The molecule has 0 saturated heterocycles. The first-order chi connectivity index (χ1) is 7.56. The number of esters is 1. The number of nitrogens with two attached hydrogens (primary N) is 1. The molecule has 84 valence electrons. The second kappa shape index (κ2) is 5.17. The van der Waals surface area contributed by atoms with Gasteiger partial charge >= 0.3 is 5.97 Å². The average Bonchev–Trinajstić information content (AvgIpc) is 2.25. The molecule has 1 rings (SSSR count). The van der Waals surface area contributed by atoms with Crippen molar-refractivity contribution in [3.05, 3.63) is 29.1 Å². The summed E-state index contributed by atoms with van der Waals surface area (Å²) in [5.41, 5.74) is 6.34. The third-order valence-corrected chi connectivity index (χ3v) is 2.00. The topological polar surface area (TPSA) is 52.3 Å². The summed E-state index contributed by atoms with van der Waals surface area (Å²) in [6, 6.07) is 2.98. The Kier molecular flexibility index (Phi) is 3.90. The van der Waals surface area contributed by atoms with Crippen LogP contribution in [0.25, 0.3) is 0 Å². The Morgan fingerprint density at radius 1 is 1.56 bits per heavy atom. The summed E-state index contributed by atoms with van der Waals surface area (Å²) in [4.78, 5) is 10.9. The number of hydrogen-bond acceptors (Lipinski definition) is 3. The smallest absolute Gasteiger partial charge is 0.384 e. The van der Waals surface area contributed by atoms with Crippen molar-refractivity contribution in [3.63, 3.8) is 0 Å². The monoisotopic (exact) mass is 221 g/mol. The lowest BCUT2D eigenvalue weighted by molar-refractivity contribution is -0.136. The first-order valence-corrected chi connectivity index (χ1v) is 4.79. The van der Waals surface area contributed by atoms with Crippen molar-refractivity contribution in [2.45, 2.75) is 13.8 Å². The Morgan fingerprint density at radius 3 is 2.88 bits per heavy atom. The van der Waals surface area contributed by atoms with Crippen LogP contribution in [0.15, 0.2) is 12.1 Å². The summed E-state index contributed by atoms with van der Waals surface area (Å²) < 4.78 is 18.2. The third kappa shape index (κ3) is 2.74. The van der Waals surface area contributed by atoms with Crippen molar-refractivity contribution in [2.24, 2.45) is 0 Å². The number of benzene rings is 1. The Morgan fingerprint density at radius 2 is 2.25 bits per heavy atom. The predicted molar refractivity (Wildman–Crippen MR) is 59.1 cm³/mol. The summed E-state index contributed by atoms with van der Waals surface area (Å²) in [7, 11) is 0. The Hall–Kier alpha value is -2.02. The number of halogens is 1. The molecule has 0 bridgehead atoms. The van der Waals surface area contributed by atoms with Gasteiger partial charge in [0.1, 0.15) is 5.82 Å². The molecular weight excluding hydrogens is 209 g/mol. The standard InChI is InChI=1S/C12H12FNO2/c1-3-16-11(15)7-5-9-4-6-10(14)8(2)12(9)13/h4,6H,3,14H2,1-2H3. The first-order valence-electron chi connectivity index (χ1n) is 4.79. The Balaban J connectivity index is 2.98. The molecule has 0 unspecified atom stereocenters. The van der Waals surface area contributed by atoms with E-state index in [4.69, 9.17) is 5.73 Å². The van der Waals surface area contributed by atoms with Gasteiger partial charge in [0.25, 0.3) is 0 Å². The first kappa shape index (κ1) is 12.1. The fraction of sp³-hybridized carbons (Fsp3) is 0.250. The number of ether oxygens (including phenoxy) is 1. The predicted octanol–water partition coefficient (Wildman–Crippen LogP) is 1.63. The van der Waals surface area contributed by atoms with E-state index in [1.165, 1.54) is 6.07 Å². The maximum absolute atomic E-state index is 13.6. The van der Waals surface area contributed by atoms with Crippen LogP contribution >= 0.6 is 0 Å². The number of anilines is 1. The number of nitrogen functional groups attached to an aromatic ring is 1. The fourth-order valence-electron chi connectivity index (χ4n) is 1.08. The minimum absolute atomic E-state index is 0.139. The maximum atomic E-state index is 13.6. The van der Waals surface area contributed by atoms with Crippen molar-refractivity contribution in [1.82, 2.24) is 0 Å². The summed E-state index contributed by atoms with van der Waals surface area (Å²) >= 11 is 0.